The number of nitrogens with zero attached hydrogens (tertiary/aromatic N) is 3. The lowest BCUT2D eigenvalue weighted by Crippen LogP contribution is -2.45. The van der Waals surface area contributed by atoms with Crippen LogP contribution in [0.4, 0.5) is 5.69 Å². The first kappa shape index (κ1) is 30.7. The van der Waals surface area contributed by atoms with Gasteiger partial charge in [-0.15, -0.1) is 21.5 Å². The van der Waals surface area contributed by atoms with Crippen molar-refractivity contribution in [1.82, 2.24) is 10.2 Å². The third-order valence-corrected chi connectivity index (χ3v) is 8.03. The molecule has 220 valence electrons. The smallest absolute Gasteiger partial charge is 0.303 e. The Hall–Kier alpha value is -3.25. The Kier molecular flexibility index (Phi) is 9.85. The normalized spacial score (nSPS) is 17.2. The molecule has 0 saturated heterocycles. The van der Waals surface area contributed by atoms with Crippen molar-refractivity contribution in [3.05, 3.63) is 62.6 Å². The number of halogens is 1. The zero-order chi connectivity index (χ0) is 29.7. The average molecular weight is 604 g/mol. The van der Waals surface area contributed by atoms with Gasteiger partial charge in [-0.25, -0.2) is 0 Å². The molecule has 0 unspecified atom stereocenters. The van der Waals surface area contributed by atoms with E-state index in [0.717, 1.165) is 0 Å². The molecule has 0 radical (unpaired) electrons. The lowest BCUT2D eigenvalue weighted by atomic mass is 9.92. The number of para-hydroxylation sites is 1. The number of carboxylic acids is 1. The topological polar surface area (TPSA) is 131 Å². The number of hydrogen-bond donors (Lipinski definition) is 2. The fraction of sp³-hybridized carbons (Fsp3) is 0.448. The quantitative estimate of drug-likeness (QED) is 0.302. The van der Waals surface area contributed by atoms with E-state index in [-0.39, 0.29) is 31.9 Å². The van der Waals surface area contributed by atoms with Crippen LogP contribution in [0, 0.1) is 5.41 Å². The Balaban J connectivity index is 1.79. The Morgan fingerprint density at radius 2 is 1.90 bits per heavy atom. The van der Waals surface area contributed by atoms with Gasteiger partial charge in [0.1, 0.15) is 22.2 Å². The first-order valence-electron chi connectivity index (χ1n) is 13.2. The lowest BCUT2D eigenvalue weighted by Gasteiger charge is -2.32. The summed E-state index contributed by atoms with van der Waals surface area (Å²) in [5.41, 5.74) is 1.33. The third kappa shape index (κ3) is 7.16. The number of aryl methyl sites for hydroxylation is 1. The number of rotatable bonds is 12. The van der Waals surface area contributed by atoms with Gasteiger partial charge >= 0.3 is 5.97 Å². The van der Waals surface area contributed by atoms with Crippen LogP contribution in [-0.2, 0) is 27.2 Å². The molecule has 41 heavy (non-hydrogen) atoms. The second kappa shape index (κ2) is 13.2. The van der Waals surface area contributed by atoms with E-state index >= 15 is 0 Å². The van der Waals surface area contributed by atoms with Gasteiger partial charge in [0, 0.05) is 59.7 Å². The molecule has 0 spiro atoms. The van der Waals surface area contributed by atoms with Crippen LogP contribution in [0.5, 0.6) is 11.5 Å². The van der Waals surface area contributed by atoms with Gasteiger partial charge in [-0.1, -0.05) is 37.6 Å². The van der Waals surface area contributed by atoms with E-state index in [4.69, 9.17) is 30.9 Å². The molecule has 3 aromatic rings. The molecule has 1 amide bonds. The third-order valence-electron chi connectivity index (χ3n) is 6.78. The number of methoxy groups -OCH3 is 2. The van der Waals surface area contributed by atoms with Crippen LogP contribution in [0.3, 0.4) is 0 Å². The first-order valence-corrected chi connectivity index (χ1v) is 14.4. The largest absolute Gasteiger partial charge is 0.493 e. The number of aliphatic carboxylic acids is 1. The number of ether oxygens (including phenoxy) is 3. The van der Waals surface area contributed by atoms with E-state index in [9.17, 15) is 14.7 Å². The number of carboxylic acid groups (broad SMARTS) is 1. The van der Waals surface area contributed by atoms with Crippen LogP contribution < -0.4 is 14.4 Å². The number of aliphatic hydroxyl groups excluding tert-OH is 1. The highest BCUT2D eigenvalue weighted by Gasteiger charge is 2.40. The van der Waals surface area contributed by atoms with E-state index < -0.39 is 23.6 Å². The van der Waals surface area contributed by atoms with Crippen LogP contribution in [0.25, 0.3) is 0 Å². The monoisotopic (exact) mass is 603 g/mol. The number of carbonyl (C=O) groups excluding carboxylic acids is 1. The predicted octanol–water partition coefficient (Wildman–Crippen LogP) is 4.70. The Morgan fingerprint density at radius 3 is 2.59 bits per heavy atom. The van der Waals surface area contributed by atoms with Crippen molar-refractivity contribution in [2.45, 2.75) is 51.7 Å². The number of aromatic nitrogens is 2. The molecule has 1 aromatic heterocycles. The van der Waals surface area contributed by atoms with Crippen molar-refractivity contribution in [3.63, 3.8) is 0 Å². The second-order valence-corrected chi connectivity index (χ2v) is 12.2. The van der Waals surface area contributed by atoms with Gasteiger partial charge < -0.3 is 29.3 Å². The minimum absolute atomic E-state index is 0.0413. The standard InChI is InChI=1S/C29H34ClN3O7S/c1-29(2,16-34)15-33-20-12-11-17(30)13-19(20)26(18-7-5-8-21(38-3)27(18)39-4)40-22(28(33)37)14-24-32-31-23(41-24)9-6-10-25(35)36/h5,7-8,11-13,22,26,34H,6,9-10,14-16H2,1-4H3,(H,35,36)/t22-,26-/m1/s1. The number of fused-ring (bicyclic) bond motifs is 1. The van der Waals surface area contributed by atoms with Gasteiger partial charge in [0.2, 0.25) is 0 Å². The molecule has 2 heterocycles. The summed E-state index contributed by atoms with van der Waals surface area (Å²) >= 11 is 7.81. The van der Waals surface area contributed by atoms with Crippen LogP contribution >= 0.6 is 22.9 Å². The minimum atomic E-state index is -0.962. The maximum atomic E-state index is 14.2. The molecule has 2 aromatic carbocycles. The molecule has 2 N–H and O–H groups in total. The molecular weight excluding hydrogens is 570 g/mol. The van der Waals surface area contributed by atoms with Crippen LogP contribution in [0.15, 0.2) is 36.4 Å². The van der Waals surface area contributed by atoms with Gasteiger partial charge in [0.05, 0.1) is 14.2 Å². The minimum Gasteiger partial charge on any atom is -0.493 e. The summed E-state index contributed by atoms with van der Waals surface area (Å²) in [6, 6.07) is 10.8. The number of hydrogen-bond acceptors (Lipinski definition) is 9. The van der Waals surface area contributed by atoms with Crippen molar-refractivity contribution in [1.29, 1.82) is 0 Å². The lowest BCUT2D eigenvalue weighted by molar-refractivity contribution is -0.137. The molecule has 0 aliphatic carbocycles. The molecular formula is C29H34ClN3O7S. The molecule has 0 fully saturated rings. The summed E-state index contributed by atoms with van der Waals surface area (Å²) < 4.78 is 17.9. The van der Waals surface area contributed by atoms with Gasteiger partial charge in [-0.2, -0.15) is 0 Å². The van der Waals surface area contributed by atoms with E-state index in [1.165, 1.54) is 11.3 Å². The van der Waals surface area contributed by atoms with E-state index in [1.807, 2.05) is 26.0 Å². The summed E-state index contributed by atoms with van der Waals surface area (Å²) in [5.74, 6) is -0.172. The summed E-state index contributed by atoms with van der Waals surface area (Å²) in [6.07, 6.45) is -0.603. The molecule has 2 atom stereocenters. The zero-order valence-corrected chi connectivity index (χ0v) is 25.0. The summed E-state index contributed by atoms with van der Waals surface area (Å²) in [4.78, 5) is 26.8. The Labute approximate surface area is 247 Å². The van der Waals surface area contributed by atoms with Crippen LogP contribution in [-0.4, -0.2) is 65.8 Å². The number of amides is 1. The number of aliphatic hydroxyl groups is 1. The summed E-state index contributed by atoms with van der Waals surface area (Å²) in [5, 5.41) is 29.2. The number of benzene rings is 2. The van der Waals surface area contributed by atoms with Gasteiger partial charge in [-0.05, 0) is 30.7 Å². The van der Waals surface area contributed by atoms with E-state index in [1.54, 1.807) is 43.4 Å². The highest BCUT2D eigenvalue weighted by Crippen LogP contribution is 2.45. The van der Waals surface area contributed by atoms with E-state index in [2.05, 4.69) is 10.2 Å². The average Bonchev–Trinajstić information content (AvgIpc) is 3.36. The molecule has 0 bridgehead atoms. The van der Waals surface area contributed by atoms with Gasteiger partial charge in [0.15, 0.2) is 11.5 Å². The molecule has 12 heteroatoms. The van der Waals surface area contributed by atoms with Gasteiger partial charge in [-0.3, -0.25) is 9.59 Å². The molecule has 1 aliphatic rings. The zero-order valence-electron chi connectivity index (χ0n) is 23.4. The molecule has 4 rings (SSSR count). The van der Waals surface area contributed by atoms with Crippen LogP contribution in [0.1, 0.15) is 53.9 Å². The van der Waals surface area contributed by atoms with E-state index in [0.29, 0.717) is 56.2 Å². The maximum Gasteiger partial charge on any atom is 0.303 e. The highest BCUT2D eigenvalue weighted by atomic mass is 35.5. The highest BCUT2D eigenvalue weighted by molar-refractivity contribution is 7.11. The summed E-state index contributed by atoms with van der Waals surface area (Å²) in [6.45, 7) is 3.87. The van der Waals surface area contributed by atoms with Gasteiger partial charge in [0.25, 0.3) is 5.91 Å². The van der Waals surface area contributed by atoms with Crippen molar-refractivity contribution >= 4 is 40.5 Å². The maximum absolute atomic E-state index is 14.2. The molecule has 0 saturated carbocycles. The van der Waals surface area contributed by atoms with Crippen LogP contribution in [0.2, 0.25) is 5.02 Å². The fourth-order valence-corrected chi connectivity index (χ4v) is 5.82. The Bertz CT molecular complexity index is 1400. The van der Waals surface area contributed by atoms with Crippen molar-refractivity contribution in [2.75, 3.05) is 32.3 Å². The SMILES string of the molecule is COc1cccc([C@H]2O[C@H](Cc3nnc(CCCC(=O)O)s3)C(=O)N(CC(C)(C)CO)c3ccc(Cl)cc32)c1OC. The number of carbonyl (C=O) groups is 2. The first-order chi connectivity index (χ1) is 19.6. The molecule has 10 nitrogen and oxygen atoms in total. The van der Waals surface area contributed by atoms with Crippen molar-refractivity contribution < 1.29 is 34.0 Å². The van der Waals surface area contributed by atoms with Crippen molar-refractivity contribution in [3.8, 4) is 11.5 Å². The fourth-order valence-electron chi connectivity index (χ4n) is 4.73. The summed E-state index contributed by atoms with van der Waals surface area (Å²) in [7, 11) is 3.09. The second-order valence-electron chi connectivity index (χ2n) is 10.6. The van der Waals surface area contributed by atoms with Crippen molar-refractivity contribution in [2.24, 2.45) is 5.41 Å². The number of anilines is 1. The molecule has 1 aliphatic heterocycles. The predicted molar refractivity (Wildman–Crippen MR) is 155 cm³/mol. The Morgan fingerprint density at radius 1 is 1.15 bits per heavy atom.